The van der Waals surface area contributed by atoms with Gasteiger partial charge < -0.3 is 18.6 Å². The summed E-state index contributed by atoms with van der Waals surface area (Å²) >= 11 is 3.18. The first-order valence-corrected chi connectivity index (χ1v) is 6.98. The first-order chi connectivity index (χ1) is 10.0. The second-order valence-corrected chi connectivity index (χ2v) is 5.10. The Morgan fingerprint density at radius 2 is 2.00 bits per heavy atom. The van der Waals surface area contributed by atoms with Crippen molar-refractivity contribution < 1.29 is 23.4 Å². The second-order valence-electron chi connectivity index (χ2n) is 4.32. The maximum Gasteiger partial charge on any atom is 0.374 e. The van der Waals surface area contributed by atoms with E-state index in [-0.39, 0.29) is 12.4 Å². The molecule has 2 rings (SSSR count). The van der Waals surface area contributed by atoms with Crippen LogP contribution in [0.3, 0.4) is 0 Å². The number of carbonyl (C=O) groups is 1. The number of benzene rings is 1. The molecule has 0 bridgehead atoms. The molecule has 0 aliphatic heterocycles. The molecule has 1 aromatic carbocycles. The van der Waals surface area contributed by atoms with Gasteiger partial charge in [-0.15, -0.1) is 0 Å². The van der Waals surface area contributed by atoms with Crippen LogP contribution in [0, 0.1) is 6.92 Å². The van der Waals surface area contributed by atoms with Gasteiger partial charge in [-0.2, -0.15) is 0 Å². The van der Waals surface area contributed by atoms with Crippen LogP contribution < -0.4 is 9.47 Å². The van der Waals surface area contributed by atoms with Gasteiger partial charge in [0.05, 0.1) is 14.2 Å². The van der Waals surface area contributed by atoms with E-state index in [0.717, 1.165) is 0 Å². The summed E-state index contributed by atoms with van der Waals surface area (Å²) in [6.07, 6.45) is 0. The fraction of sp³-hybridized carbons (Fsp3) is 0.267. The molecule has 0 atom stereocenters. The molecule has 0 aliphatic carbocycles. The van der Waals surface area contributed by atoms with Crippen molar-refractivity contribution in [2.24, 2.45) is 0 Å². The molecule has 6 heteroatoms. The lowest BCUT2D eigenvalue weighted by Gasteiger charge is -2.10. The van der Waals surface area contributed by atoms with Crippen LogP contribution in [-0.4, -0.2) is 20.2 Å². The lowest BCUT2D eigenvalue weighted by molar-refractivity contribution is 0.0430. The average molecular weight is 355 g/mol. The van der Waals surface area contributed by atoms with Crippen molar-refractivity contribution in [3.8, 4) is 11.5 Å². The van der Waals surface area contributed by atoms with Crippen LogP contribution in [-0.2, 0) is 11.3 Å². The Morgan fingerprint density at radius 1 is 1.24 bits per heavy atom. The van der Waals surface area contributed by atoms with E-state index < -0.39 is 5.97 Å². The Hall–Kier alpha value is -1.95. The minimum atomic E-state index is -0.525. The monoisotopic (exact) mass is 354 g/mol. The van der Waals surface area contributed by atoms with Crippen molar-refractivity contribution in [2.75, 3.05) is 14.2 Å². The molecule has 1 heterocycles. The topological polar surface area (TPSA) is 57.9 Å². The van der Waals surface area contributed by atoms with Crippen LogP contribution in [0.4, 0.5) is 0 Å². The number of aryl methyl sites for hydroxylation is 1. The van der Waals surface area contributed by atoms with Gasteiger partial charge in [-0.05, 0) is 47.1 Å². The molecular weight excluding hydrogens is 340 g/mol. The SMILES string of the molecule is COc1ccc(OC)c(COC(=O)c2oc(Br)cc2C)c1. The zero-order valence-electron chi connectivity index (χ0n) is 11.9. The molecule has 0 unspecified atom stereocenters. The van der Waals surface area contributed by atoms with Gasteiger partial charge in [0, 0.05) is 11.1 Å². The van der Waals surface area contributed by atoms with Gasteiger partial charge in [0.15, 0.2) is 4.67 Å². The number of halogens is 1. The zero-order chi connectivity index (χ0) is 15.4. The van der Waals surface area contributed by atoms with Gasteiger partial charge in [0.2, 0.25) is 5.76 Å². The van der Waals surface area contributed by atoms with Crippen molar-refractivity contribution in [3.05, 3.63) is 45.8 Å². The van der Waals surface area contributed by atoms with Crippen molar-refractivity contribution in [1.29, 1.82) is 0 Å². The van der Waals surface area contributed by atoms with Crippen LogP contribution >= 0.6 is 15.9 Å². The first-order valence-electron chi connectivity index (χ1n) is 6.19. The minimum Gasteiger partial charge on any atom is -0.497 e. The fourth-order valence-electron chi connectivity index (χ4n) is 1.85. The van der Waals surface area contributed by atoms with Gasteiger partial charge in [0.1, 0.15) is 18.1 Å². The van der Waals surface area contributed by atoms with E-state index >= 15 is 0 Å². The molecule has 112 valence electrons. The lowest BCUT2D eigenvalue weighted by atomic mass is 10.2. The molecule has 0 spiro atoms. The summed E-state index contributed by atoms with van der Waals surface area (Å²) in [6.45, 7) is 1.84. The first kappa shape index (κ1) is 15.4. The van der Waals surface area contributed by atoms with Crippen molar-refractivity contribution in [3.63, 3.8) is 0 Å². The summed E-state index contributed by atoms with van der Waals surface area (Å²) in [5, 5.41) is 0. The van der Waals surface area contributed by atoms with Crippen LogP contribution in [0.2, 0.25) is 0 Å². The third kappa shape index (κ3) is 3.58. The summed E-state index contributed by atoms with van der Waals surface area (Å²) < 4.78 is 21.4. The molecule has 0 fully saturated rings. The maximum absolute atomic E-state index is 12.0. The number of esters is 1. The van der Waals surface area contributed by atoms with Gasteiger partial charge in [0.25, 0.3) is 0 Å². The number of furan rings is 1. The molecular formula is C15H15BrO5. The number of hydrogen-bond donors (Lipinski definition) is 0. The molecule has 2 aromatic rings. The summed E-state index contributed by atoms with van der Waals surface area (Å²) in [4.78, 5) is 12.0. The number of carbonyl (C=O) groups excluding carboxylic acids is 1. The number of ether oxygens (including phenoxy) is 3. The average Bonchev–Trinajstić information content (AvgIpc) is 2.83. The smallest absolute Gasteiger partial charge is 0.374 e. The predicted octanol–water partition coefficient (Wildman–Crippen LogP) is 3.72. The zero-order valence-corrected chi connectivity index (χ0v) is 13.5. The Balaban J connectivity index is 2.12. The normalized spacial score (nSPS) is 10.3. The van der Waals surface area contributed by atoms with E-state index in [0.29, 0.717) is 27.3 Å². The predicted molar refractivity (Wildman–Crippen MR) is 79.8 cm³/mol. The standard InChI is InChI=1S/C15H15BrO5/c1-9-6-13(16)21-14(9)15(17)20-8-10-7-11(18-2)4-5-12(10)19-3/h4-7H,8H2,1-3H3. The van der Waals surface area contributed by atoms with E-state index in [9.17, 15) is 4.79 Å². The van der Waals surface area contributed by atoms with Crippen LogP contribution in [0.15, 0.2) is 33.4 Å². The molecule has 0 aliphatic rings. The number of rotatable bonds is 5. The highest BCUT2D eigenvalue weighted by Gasteiger charge is 2.17. The lowest BCUT2D eigenvalue weighted by Crippen LogP contribution is -2.06. The Bertz CT molecular complexity index is 648. The molecule has 0 saturated carbocycles. The fourth-order valence-corrected chi connectivity index (χ4v) is 2.35. The number of methoxy groups -OCH3 is 2. The highest BCUT2D eigenvalue weighted by Crippen LogP contribution is 2.26. The Morgan fingerprint density at radius 3 is 2.57 bits per heavy atom. The summed E-state index contributed by atoms with van der Waals surface area (Å²) in [5.74, 6) is 0.950. The van der Waals surface area contributed by atoms with Gasteiger partial charge >= 0.3 is 5.97 Å². The highest BCUT2D eigenvalue weighted by atomic mass is 79.9. The Kier molecular flexibility index (Phi) is 4.90. The molecule has 5 nitrogen and oxygen atoms in total. The van der Waals surface area contributed by atoms with E-state index in [2.05, 4.69) is 15.9 Å². The Labute approximate surface area is 130 Å². The van der Waals surface area contributed by atoms with Crippen molar-refractivity contribution in [2.45, 2.75) is 13.5 Å². The van der Waals surface area contributed by atoms with Crippen molar-refractivity contribution in [1.82, 2.24) is 0 Å². The quantitative estimate of drug-likeness (QED) is 0.765. The third-order valence-electron chi connectivity index (χ3n) is 2.92. The molecule has 0 N–H and O–H groups in total. The summed E-state index contributed by atoms with van der Waals surface area (Å²) in [7, 11) is 3.13. The third-order valence-corrected chi connectivity index (χ3v) is 3.31. The molecule has 0 amide bonds. The van der Waals surface area contributed by atoms with E-state index in [4.69, 9.17) is 18.6 Å². The van der Waals surface area contributed by atoms with Gasteiger partial charge in [-0.3, -0.25) is 0 Å². The van der Waals surface area contributed by atoms with E-state index in [1.54, 1.807) is 45.4 Å². The van der Waals surface area contributed by atoms with E-state index in [1.165, 1.54) is 0 Å². The highest BCUT2D eigenvalue weighted by molar-refractivity contribution is 9.10. The summed E-state index contributed by atoms with van der Waals surface area (Å²) in [5.41, 5.74) is 1.43. The maximum atomic E-state index is 12.0. The molecule has 1 aromatic heterocycles. The van der Waals surface area contributed by atoms with Gasteiger partial charge in [-0.25, -0.2) is 4.79 Å². The minimum absolute atomic E-state index is 0.0664. The van der Waals surface area contributed by atoms with Crippen molar-refractivity contribution >= 4 is 21.9 Å². The van der Waals surface area contributed by atoms with Crippen LogP contribution in [0.1, 0.15) is 21.7 Å². The molecule has 0 saturated heterocycles. The van der Waals surface area contributed by atoms with E-state index in [1.807, 2.05) is 0 Å². The van der Waals surface area contributed by atoms with Crippen LogP contribution in [0.25, 0.3) is 0 Å². The molecule has 21 heavy (non-hydrogen) atoms. The van der Waals surface area contributed by atoms with Crippen LogP contribution in [0.5, 0.6) is 11.5 Å². The second kappa shape index (κ2) is 6.67. The van der Waals surface area contributed by atoms with Gasteiger partial charge in [-0.1, -0.05) is 0 Å². The summed E-state index contributed by atoms with van der Waals surface area (Å²) in [6, 6.07) is 7.01. The molecule has 0 radical (unpaired) electrons. The largest absolute Gasteiger partial charge is 0.497 e. The number of hydrogen-bond acceptors (Lipinski definition) is 5.